The molecule has 0 saturated carbocycles. The van der Waals surface area contributed by atoms with Gasteiger partial charge in [0.1, 0.15) is 12.4 Å². The Hall–Kier alpha value is -2.75. The first kappa shape index (κ1) is 16.6. The highest BCUT2D eigenvalue weighted by atomic mass is 16.5. The van der Waals surface area contributed by atoms with Crippen LogP contribution in [0.15, 0.2) is 55.1 Å². The van der Waals surface area contributed by atoms with Crippen LogP contribution in [0.2, 0.25) is 0 Å². The van der Waals surface area contributed by atoms with E-state index in [1.165, 1.54) is 0 Å². The van der Waals surface area contributed by atoms with E-state index in [0.717, 1.165) is 28.3 Å². The number of nitrogens with one attached hydrogen (secondary N) is 2. The summed E-state index contributed by atoms with van der Waals surface area (Å²) in [5, 5.41) is 6.05. The number of para-hydroxylation sites is 1. The van der Waals surface area contributed by atoms with Crippen LogP contribution in [0.3, 0.4) is 0 Å². The Kier molecular flexibility index (Phi) is 5.80. The van der Waals surface area contributed by atoms with Crippen LogP contribution in [-0.2, 0) is 4.79 Å². The Balaban J connectivity index is 1.93. The van der Waals surface area contributed by atoms with Gasteiger partial charge in [-0.25, -0.2) is 0 Å². The van der Waals surface area contributed by atoms with Crippen LogP contribution in [0.1, 0.15) is 11.1 Å². The number of carbonyl (C=O) groups is 1. The Bertz CT molecular complexity index is 675. The van der Waals surface area contributed by atoms with Crippen molar-refractivity contribution in [1.29, 1.82) is 0 Å². The van der Waals surface area contributed by atoms with Crippen molar-refractivity contribution in [3.05, 3.63) is 66.2 Å². The second-order valence-corrected chi connectivity index (χ2v) is 5.30. The highest BCUT2D eigenvalue weighted by Crippen LogP contribution is 2.20. The lowest BCUT2D eigenvalue weighted by Gasteiger charge is -2.13. The first-order valence-electron chi connectivity index (χ1n) is 7.54. The summed E-state index contributed by atoms with van der Waals surface area (Å²) in [5.74, 6) is 0.657. The molecule has 0 aliphatic heterocycles. The summed E-state index contributed by atoms with van der Waals surface area (Å²) in [5.41, 5.74) is 3.82. The number of hydrogen-bond donors (Lipinski definition) is 2. The topological polar surface area (TPSA) is 50.4 Å². The van der Waals surface area contributed by atoms with Gasteiger partial charge < -0.3 is 15.4 Å². The van der Waals surface area contributed by atoms with E-state index in [9.17, 15) is 4.79 Å². The van der Waals surface area contributed by atoms with Gasteiger partial charge in [-0.05, 0) is 37.1 Å². The van der Waals surface area contributed by atoms with Gasteiger partial charge in [0, 0.05) is 17.4 Å². The average Bonchev–Trinajstić information content (AvgIpc) is 2.55. The first-order valence-corrected chi connectivity index (χ1v) is 7.54. The maximum Gasteiger partial charge on any atom is 0.243 e. The van der Waals surface area contributed by atoms with Gasteiger partial charge in [0.2, 0.25) is 5.91 Å². The van der Waals surface area contributed by atoms with Gasteiger partial charge in [-0.3, -0.25) is 4.79 Å². The van der Waals surface area contributed by atoms with E-state index >= 15 is 0 Å². The average molecular weight is 310 g/mol. The van der Waals surface area contributed by atoms with Crippen molar-refractivity contribution in [3.63, 3.8) is 0 Å². The van der Waals surface area contributed by atoms with Gasteiger partial charge in [-0.1, -0.05) is 36.9 Å². The van der Waals surface area contributed by atoms with Crippen molar-refractivity contribution in [2.75, 3.05) is 23.8 Å². The lowest BCUT2D eigenvalue weighted by Crippen LogP contribution is -2.22. The minimum absolute atomic E-state index is 0.0835. The predicted octanol–water partition coefficient (Wildman–Crippen LogP) is 3.92. The number of anilines is 2. The molecule has 23 heavy (non-hydrogen) atoms. The highest BCUT2D eigenvalue weighted by molar-refractivity contribution is 5.95. The number of aryl methyl sites for hydroxylation is 2. The smallest absolute Gasteiger partial charge is 0.243 e. The number of rotatable bonds is 7. The van der Waals surface area contributed by atoms with Crippen molar-refractivity contribution in [2.45, 2.75) is 13.8 Å². The molecule has 120 valence electrons. The third-order valence-corrected chi connectivity index (χ3v) is 3.40. The van der Waals surface area contributed by atoms with E-state index in [4.69, 9.17) is 4.74 Å². The van der Waals surface area contributed by atoms with E-state index < -0.39 is 0 Å². The van der Waals surface area contributed by atoms with Gasteiger partial charge in [0.05, 0.1) is 6.54 Å². The monoisotopic (exact) mass is 310 g/mol. The van der Waals surface area contributed by atoms with E-state index in [1.807, 2.05) is 56.3 Å². The van der Waals surface area contributed by atoms with Crippen molar-refractivity contribution in [2.24, 2.45) is 0 Å². The number of carbonyl (C=O) groups excluding carboxylic acids is 1. The van der Waals surface area contributed by atoms with E-state index in [0.29, 0.717) is 6.61 Å². The summed E-state index contributed by atoms with van der Waals surface area (Å²) < 4.78 is 5.47. The molecule has 2 aromatic rings. The minimum atomic E-state index is -0.0835. The summed E-state index contributed by atoms with van der Waals surface area (Å²) in [6, 6.07) is 13.4. The van der Waals surface area contributed by atoms with Crippen LogP contribution in [0, 0.1) is 13.8 Å². The molecule has 0 fully saturated rings. The fourth-order valence-corrected chi connectivity index (χ4v) is 2.23. The van der Waals surface area contributed by atoms with Crippen molar-refractivity contribution < 1.29 is 9.53 Å². The Morgan fingerprint density at radius 1 is 1.17 bits per heavy atom. The summed E-state index contributed by atoms with van der Waals surface area (Å²) in [7, 11) is 0. The van der Waals surface area contributed by atoms with Crippen LogP contribution in [-0.4, -0.2) is 19.1 Å². The molecule has 2 rings (SSSR count). The molecule has 0 bridgehead atoms. The predicted molar refractivity (Wildman–Crippen MR) is 95.2 cm³/mol. The van der Waals surface area contributed by atoms with Gasteiger partial charge in [0.25, 0.3) is 0 Å². The van der Waals surface area contributed by atoms with Gasteiger partial charge >= 0.3 is 0 Å². The zero-order valence-electron chi connectivity index (χ0n) is 13.6. The van der Waals surface area contributed by atoms with E-state index in [2.05, 4.69) is 17.2 Å². The molecule has 2 N–H and O–H groups in total. The maximum absolute atomic E-state index is 12.1. The van der Waals surface area contributed by atoms with Crippen LogP contribution in [0.25, 0.3) is 0 Å². The molecule has 0 radical (unpaired) electrons. The van der Waals surface area contributed by atoms with Gasteiger partial charge in [-0.2, -0.15) is 0 Å². The summed E-state index contributed by atoms with van der Waals surface area (Å²) >= 11 is 0. The molecule has 0 unspecified atom stereocenters. The maximum atomic E-state index is 12.1. The second-order valence-electron chi connectivity index (χ2n) is 5.30. The first-order chi connectivity index (χ1) is 11.1. The van der Waals surface area contributed by atoms with Gasteiger partial charge in [0.15, 0.2) is 0 Å². The minimum Gasteiger partial charge on any atom is -0.489 e. The van der Waals surface area contributed by atoms with Crippen molar-refractivity contribution in [1.82, 2.24) is 0 Å². The fourth-order valence-electron chi connectivity index (χ4n) is 2.23. The number of amides is 1. The number of ether oxygens (including phenoxy) is 1. The molecular weight excluding hydrogens is 288 g/mol. The molecule has 0 spiro atoms. The molecule has 0 aromatic heterocycles. The molecule has 0 saturated heterocycles. The quantitative estimate of drug-likeness (QED) is 0.762. The molecule has 0 heterocycles. The van der Waals surface area contributed by atoms with Crippen LogP contribution >= 0.6 is 0 Å². The Labute approximate surface area is 137 Å². The zero-order valence-corrected chi connectivity index (χ0v) is 13.6. The largest absolute Gasteiger partial charge is 0.489 e. The molecule has 2 aromatic carbocycles. The third-order valence-electron chi connectivity index (χ3n) is 3.40. The van der Waals surface area contributed by atoms with Crippen LogP contribution in [0.4, 0.5) is 11.4 Å². The lowest BCUT2D eigenvalue weighted by atomic mass is 10.1. The molecule has 0 aliphatic rings. The lowest BCUT2D eigenvalue weighted by molar-refractivity contribution is -0.114. The Morgan fingerprint density at radius 3 is 2.57 bits per heavy atom. The standard InChI is InChI=1S/C19H22N2O2/c1-4-11-23-17-10-6-9-16(12-17)20-13-18(22)21-19-14(2)7-5-8-15(19)3/h4-10,12,20H,1,11,13H2,2-3H3,(H,21,22). The molecular formula is C19H22N2O2. The van der Waals surface area contributed by atoms with E-state index in [1.54, 1.807) is 6.08 Å². The van der Waals surface area contributed by atoms with Crippen LogP contribution in [0.5, 0.6) is 5.75 Å². The normalized spacial score (nSPS) is 10.0. The SMILES string of the molecule is C=CCOc1cccc(NCC(=O)Nc2c(C)cccc2C)c1. The molecule has 1 amide bonds. The molecule has 4 heteroatoms. The summed E-state index contributed by atoms with van der Waals surface area (Å²) in [4.78, 5) is 12.1. The molecule has 0 atom stereocenters. The van der Waals surface area contributed by atoms with Gasteiger partial charge in [-0.15, -0.1) is 0 Å². The van der Waals surface area contributed by atoms with Crippen molar-refractivity contribution >= 4 is 17.3 Å². The fraction of sp³-hybridized carbons (Fsp3) is 0.211. The second kappa shape index (κ2) is 8.03. The third kappa shape index (κ3) is 4.88. The van der Waals surface area contributed by atoms with Crippen molar-refractivity contribution in [3.8, 4) is 5.75 Å². The number of hydrogen-bond acceptors (Lipinski definition) is 3. The summed E-state index contributed by atoms with van der Waals surface area (Å²) in [6.07, 6.45) is 1.69. The number of benzene rings is 2. The van der Waals surface area contributed by atoms with E-state index in [-0.39, 0.29) is 12.5 Å². The summed E-state index contributed by atoms with van der Waals surface area (Å²) in [6.45, 7) is 8.23. The Morgan fingerprint density at radius 2 is 1.87 bits per heavy atom. The molecule has 0 aliphatic carbocycles. The van der Waals surface area contributed by atoms with Crippen LogP contribution < -0.4 is 15.4 Å². The zero-order chi connectivity index (χ0) is 16.7. The molecule has 4 nitrogen and oxygen atoms in total. The highest BCUT2D eigenvalue weighted by Gasteiger charge is 2.07.